The molecule has 1 unspecified atom stereocenters. The fraction of sp³-hybridized carbons (Fsp3) is 0.588. The van der Waals surface area contributed by atoms with Gasteiger partial charge in [0.05, 0.1) is 0 Å². The molecule has 0 aromatic heterocycles. The zero-order valence-corrected chi connectivity index (χ0v) is 14.5. The third-order valence-corrected chi connectivity index (χ3v) is 5.69. The van der Waals surface area contributed by atoms with E-state index in [0.717, 1.165) is 23.9 Å². The van der Waals surface area contributed by atoms with Gasteiger partial charge < -0.3 is 10.6 Å². The average Bonchev–Trinajstić information content (AvgIpc) is 3.14. The lowest BCUT2D eigenvalue weighted by atomic mass is 10.1. The molecule has 1 aliphatic carbocycles. The molecule has 1 aromatic carbocycles. The van der Waals surface area contributed by atoms with Crippen LogP contribution in [0.25, 0.3) is 0 Å². The van der Waals surface area contributed by atoms with Crippen LogP contribution in [0.4, 0.5) is 5.69 Å². The van der Waals surface area contributed by atoms with Gasteiger partial charge in [0.1, 0.15) is 0 Å². The normalized spacial score (nSPS) is 21.5. The number of hydrogen-bond donors (Lipinski definition) is 2. The average molecular weight is 341 g/mol. The number of anilines is 1. The molecular weight excluding hydrogens is 316 g/mol. The maximum Gasteiger partial charge on any atom is 0.225 e. The van der Waals surface area contributed by atoms with Crippen molar-refractivity contribution in [3.05, 3.63) is 24.3 Å². The second-order valence-corrected chi connectivity index (χ2v) is 7.47. The molecule has 1 atom stereocenters. The molecule has 22 heavy (non-hydrogen) atoms. The summed E-state index contributed by atoms with van der Waals surface area (Å²) in [6, 6.07) is 8.68. The Labute approximate surface area is 143 Å². The van der Waals surface area contributed by atoms with Crippen LogP contribution in [0.1, 0.15) is 44.9 Å². The minimum absolute atomic E-state index is 0. The summed E-state index contributed by atoms with van der Waals surface area (Å²) < 4.78 is 0. The topological polar surface area (TPSA) is 41.1 Å². The predicted molar refractivity (Wildman–Crippen MR) is 96.1 cm³/mol. The van der Waals surface area contributed by atoms with E-state index in [9.17, 15) is 4.79 Å². The van der Waals surface area contributed by atoms with Crippen LogP contribution in [0.15, 0.2) is 29.2 Å². The van der Waals surface area contributed by atoms with Crippen molar-refractivity contribution in [2.75, 3.05) is 11.9 Å². The van der Waals surface area contributed by atoms with E-state index in [1.807, 2.05) is 23.9 Å². The summed E-state index contributed by atoms with van der Waals surface area (Å²) in [6.45, 7) is 1.05. The molecule has 1 amide bonds. The fourth-order valence-electron chi connectivity index (χ4n) is 3.18. The van der Waals surface area contributed by atoms with Gasteiger partial charge in [0.15, 0.2) is 0 Å². The Balaban J connectivity index is 0.00000176. The number of rotatable bonds is 5. The first-order chi connectivity index (χ1) is 10.3. The van der Waals surface area contributed by atoms with Crippen molar-refractivity contribution >= 4 is 35.8 Å². The first-order valence-corrected chi connectivity index (χ1v) is 8.97. The summed E-state index contributed by atoms with van der Waals surface area (Å²) in [5, 5.41) is 7.15. The number of thioether (sulfide) groups is 1. The fourth-order valence-corrected chi connectivity index (χ4v) is 4.43. The maximum atomic E-state index is 12.0. The van der Waals surface area contributed by atoms with E-state index in [1.54, 1.807) is 0 Å². The second kappa shape index (κ2) is 8.80. The third-order valence-electron chi connectivity index (χ3n) is 4.34. The number of carbonyl (C=O) groups excluding carboxylic acids is 1. The number of amides is 1. The number of halogens is 1. The minimum atomic E-state index is 0. The zero-order valence-electron chi connectivity index (χ0n) is 12.8. The highest BCUT2D eigenvalue weighted by Gasteiger charge is 2.18. The lowest BCUT2D eigenvalue weighted by molar-refractivity contribution is -0.116. The Hall–Kier alpha value is -0.710. The first kappa shape index (κ1) is 17.6. The molecule has 3 nitrogen and oxygen atoms in total. The number of hydrogen-bond acceptors (Lipinski definition) is 3. The van der Waals surface area contributed by atoms with Gasteiger partial charge in [-0.05, 0) is 56.5 Å². The van der Waals surface area contributed by atoms with E-state index in [4.69, 9.17) is 0 Å². The summed E-state index contributed by atoms with van der Waals surface area (Å²) in [6.07, 6.45) is 8.32. The van der Waals surface area contributed by atoms with Crippen LogP contribution in [-0.2, 0) is 4.79 Å². The molecule has 2 N–H and O–H groups in total. The van der Waals surface area contributed by atoms with E-state index in [2.05, 4.69) is 22.8 Å². The molecule has 1 aromatic rings. The van der Waals surface area contributed by atoms with E-state index < -0.39 is 0 Å². The van der Waals surface area contributed by atoms with Crippen molar-refractivity contribution in [1.82, 2.24) is 5.32 Å². The highest BCUT2D eigenvalue weighted by molar-refractivity contribution is 8.00. The van der Waals surface area contributed by atoms with Gasteiger partial charge in [0.25, 0.3) is 0 Å². The first-order valence-electron chi connectivity index (χ1n) is 8.09. The van der Waals surface area contributed by atoms with Crippen LogP contribution < -0.4 is 10.6 Å². The number of nitrogens with one attached hydrogen (secondary N) is 2. The summed E-state index contributed by atoms with van der Waals surface area (Å²) in [7, 11) is 0. The van der Waals surface area contributed by atoms with Crippen LogP contribution in [0, 0.1) is 0 Å². The largest absolute Gasteiger partial charge is 0.326 e. The Kier molecular flexibility index (Phi) is 7.06. The predicted octanol–water partition coefficient (Wildman–Crippen LogP) is 4.22. The van der Waals surface area contributed by atoms with Crippen LogP contribution in [0.2, 0.25) is 0 Å². The van der Waals surface area contributed by atoms with Gasteiger partial charge in [0.2, 0.25) is 5.91 Å². The van der Waals surface area contributed by atoms with E-state index in [0.29, 0.717) is 12.5 Å². The van der Waals surface area contributed by atoms with Crippen molar-refractivity contribution in [2.45, 2.75) is 61.1 Å². The monoisotopic (exact) mass is 340 g/mol. The SMILES string of the molecule is Cl.O=C(CC1CCCN1)Nc1ccc(SC2CCCC2)cc1. The molecule has 0 bridgehead atoms. The quantitative estimate of drug-likeness (QED) is 0.843. The number of carbonyl (C=O) groups is 1. The maximum absolute atomic E-state index is 12.0. The van der Waals surface area contributed by atoms with Crippen LogP contribution in [0.5, 0.6) is 0 Å². The molecule has 2 aliphatic rings. The third kappa shape index (κ3) is 5.18. The van der Waals surface area contributed by atoms with Crippen LogP contribution in [-0.4, -0.2) is 23.7 Å². The zero-order chi connectivity index (χ0) is 14.5. The van der Waals surface area contributed by atoms with Crippen molar-refractivity contribution < 1.29 is 4.79 Å². The van der Waals surface area contributed by atoms with E-state index >= 15 is 0 Å². The molecule has 0 radical (unpaired) electrons. The minimum Gasteiger partial charge on any atom is -0.326 e. The molecule has 5 heteroatoms. The van der Waals surface area contributed by atoms with E-state index in [-0.39, 0.29) is 18.3 Å². The highest BCUT2D eigenvalue weighted by atomic mass is 35.5. The lowest BCUT2D eigenvalue weighted by Gasteiger charge is -2.12. The Morgan fingerprint density at radius 2 is 1.86 bits per heavy atom. The van der Waals surface area contributed by atoms with Crippen molar-refractivity contribution in [3.8, 4) is 0 Å². The van der Waals surface area contributed by atoms with Crippen molar-refractivity contribution in [1.29, 1.82) is 0 Å². The summed E-state index contributed by atoms with van der Waals surface area (Å²) in [5.74, 6) is 0.116. The summed E-state index contributed by atoms with van der Waals surface area (Å²) in [4.78, 5) is 13.3. The van der Waals surface area contributed by atoms with Gasteiger partial charge in [-0.2, -0.15) is 0 Å². The summed E-state index contributed by atoms with van der Waals surface area (Å²) >= 11 is 1.98. The highest BCUT2D eigenvalue weighted by Crippen LogP contribution is 2.34. The molecule has 1 saturated heterocycles. The molecule has 1 saturated carbocycles. The molecule has 122 valence electrons. The van der Waals surface area contributed by atoms with Gasteiger partial charge in [-0.15, -0.1) is 24.2 Å². The van der Waals surface area contributed by atoms with Crippen molar-refractivity contribution in [3.63, 3.8) is 0 Å². The van der Waals surface area contributed by atoms with Gasteiger partial charge in [0, 0.05) is 28.3 Å². The smallest absolute Gasteiger partial charge is 0.225 e. The van der Waals surface area contributed by atoms with Gasteiger partial charge in [-0.1, -0.05) is 12.8 Å². The Morgan fingerprint density at radius 1 is 1.14 bits per heavy atom. The molecule has 2 fully saturated rings. The molecule has 1 aliphatic heterocycles. The van der Waals surface area contributed by atoms with Crippen LogP contribution in [0.3, 0.4) is 0 Å². The van der Waals surface area contributed by atoms with Gasteiger partial charge >= 0.3 is 0 Å². The lowest BCUT2D eigenvalue weighted by Crippen LogP contribution is -2.27. The van der Waals surface area contributed by atoms with Crippen molar-refractivity contribution in [2.24, 2.45) is 0 Å². The van der Waals surface area contributed by atoms with Gasteiger partial charge in [-0.25, -0.2) is 0 Å². The van der Waals surface area contributed by atoms with Crippen LogP contribution >= 0.6 is 24.2 Å². The number of benzene rings is 1. The van der Waals surface area contributed by atoms with Gasteiger partial charge in [-0.3, -0.25) is 4.79 Å². The van der Waals surface area contributed by atoms with E-state index in [1.165, 1.54) is 37.0 Å². The second-order valence-electron chi connectivity index (χ2n) is 6.09. The summed E-state index contributed by atoms with van der Waals surface area (Å²) in [5.41, 5.74) is 0.911. The molecular formula is C17H25ClN2OS. The molecule has 3 rings (SSSR count). The Morgan fingerprint density at radius 3 is 2.50 bits per heavy atom. The standard InChI is InChI=1S/C17H24N2OS.ClH/c20-17(12-14-4-3-11-18-14)19-13-7-9-16(10-8-13)21-15-5-1-2-6-15;/h7-10,14-15,18H,1-6,11-12H2,(H,19,20);1H. The Bertz CT molecular complexity index is 468. The molecule has 0 spiro atoms. The molecule has 1 heterocycles.